The molecule has 0 saturated carbocycles. The van der Waals surface area contributed by atoms with Gasteiger partial charge in [0.25, 0.3) is 0 Å². The summed E-state index contributed by atoms with van der Waals surface area (Å²) in [6.45, 7) is 7.35. The van der Waals surface area contributed by atoms with Crippen LogP contribution in [0.4, 0.5) is 0 Å². The van der Waals surface area contributed by atoms with Crippen molar-refractivity contribution in [2.24, 2.45) is 11.1 Å². The van der Waals surface area contributed by atoms with E-state index in [1.807, 2.05) is 0 Å². The molecule has 0 amide bonds. The summed E-state index contributed by atoms with van der Waals surface area (Å²) in [5.74, 6) is 0. The molecule has 4 heteroatoms. The third-order valence-corrected chi connectivity index (χ3v) is 4.73. The Bertz CT molecular complexity index is 340. The maximum Gasteiger partial charge on any atom is 0.0325 e. The highest BCUT2D eigenvalue weighted by molar-refractivity contribution is 9.10. The van der Waals surface area contributed by atoms with Crippen molar-refractivity contribution in [3.05, 3.63) is 20.8 Å². The van der Waals surface area contributed by atoms with E-state index < -0.39 is 0 Å². The molecule has 1 aromatic heterocycles. The van der Waals surface area contributed by atoms with Gasteiger partial charge in [-0.3, -0.25) is 0 Å². The van der Waals surface area contributed by atoms with Crippen LogP contribution in [0.1, 0.15) is 31.6 Å². The lowest BCUT2D eigenvalue weighted by atomic mass is 9.85. The van der Waals surface area contributed by atoms with Gasteiger partial charge in [-0.25, -0.2) is 0 Å². The third-order valence-electron chi connectivity index (χ3n) is 3.05. The summed E-state index contributed by atoms with van der Waals surface area (Å²) < 4.78 is 1.18. The number of thiophene rings is 1. The van der Waals surface area contributed by atoms with Crippen LogP contribution < -0.4 is 5.73 Å². The molecule has 0 bridgehead atoms. The molecule has 0 saturated heterocycles. The second-order valence-corrected chi connectivity index (χ2v) is 7.08. The lowest BCUT2D eigenvalue weighted by Crippen LogP contribution is -2.38. The first-order valence-corrected chi connectivity index (χ1v) is 7.78. The zero-order valence-electron chi connectivity index (χ0n) is 11.0. The molecule has 0 aliphatic rings. The number of hydrogen-bond acceptors (Lipinski definition) is 3. The summed E-state index contributed by atoms with van der Waals surface area (Å²) in [4.78, 5) is 3.77. The number of halogens is 1. The van der Waals surface area contributed by atoms with Crippen molar-refractivity contribution in [2.75, 3.05) is 20.1 Å². The minimum atomic E-state index is 0.248. The Kier molecular flexibility index (Phi) is 6.13. The van der Waals surface area contributed by atoms with Crippen LogP contribution in [0.3, 0.4) is 0 Å². The smallest absolute Gasteiger partial charge is 0.0325 e. The molecule has 1 rings (SSSR count). The summed E-state index contributed by atoms with van der Waals surface area (Å²) in [5.41, 5.74) is 6.16. The van der Waals surface area contributed by atoms with Crippen LogP contribution in [-0.2, 0) is 6.54 Å². The Morgan fingerprint density at radius 1 is 1.53 bits per heavy atom. The average Bonchev–Trinajstić information content (AvgIpc) is 2.64. The van der Waals surface area contributed by atoms with Gasteiger partial charge >= 0.3 is 0 Å². The largest absolute Gasteiger partial charge is 0.330 e. The van der Waals surface area contributed by atoms with Gasteiger partial charge in [-0.15, -0.1) is 11.3 Å². The molecule has 0 fully saturated rings. The van der Waals surface area contributed by atoms with E-state index in [9.17, 15) is 0 Å². The second-order valence-electron chi connectivity index (χ2n) is 5.17. The average molecular weight is 319 g/mol. The summed E-state index contributed by atoms with van der Waals surface area (Å²) in [7, 11) is 2.18. The molecule has 2 N–H and O–H groups in total. The predicted molar refractivity (Wildman–Crippen MR) is 80.4 cm³/mol. The molecule has 0 radical (unpaired) electrons. The van der Waals surface area contributed by atoms with Gasteiger partial charge in [0.2, 0.25) is 0 Å². The Morgan fingerprint density at radius 2 is 2.24 bits per heavy atom. The molecule has 1 heterocycles. The summed E-state index contributed by atoms with van der Waals surface area (Å²) in [6, 6.07) is 2.20. The first-order valence-electron chi connectivity index (χ1n) is 6.10. The Balaban J connectivity index is 2.50. The van der Waals surface area contributed by atoms with Crippen LogP contribution in [0.25, 0.3) is 0 Å². The van der Waals surface area contributed by atoms with E-state index in [1.165, 1.54) is 22.2 Å². The standard InChI is InChI=1S/C13H23BrN2S/c1-4-5-13(2,9-15)10-16(3)7-12-6-11(14)8-17-12/h6,8H,4-5,7,9-10,15H2,1-3H3. The molecule has 2 nitrogen and oxygen atoms in total. The monoisotopic (exact) mass is 318 g/mol. The van der Waals surface area contributed by atoms with Crippen molar-refractivity contribution in [1.29, 1.82) is 0 Å². The minimum absolute atomic E-state index is 0.248. The Labute approximate surface area is 117 Å². The predicted octanol–water partition coefficient (Wildman–Crippen LogP) is 3.71. The van der Waals surface area contributed by atoms with Gasteiger partial charge in [0.15, 0.2) is 0 Å². The van der Waals surface area contributed by atoms with E-state index >= 15 is 0 Å². The van der Waals surface area contributed by atoms with Crippen molar-refractivity contribution in [3.63, 3.8) is 0 Å². The molecule has 0 aliphatic heterocycles. The van der Waals surface area contributed by atoms with Crippen LogP contribution in [-0.4, -0.2) is 25.0 Å². The lowest BCUT2D eigenvalue weighted by molar-refractivity contribution is 0.180. The van der Waals surface area contributed by atoms with E-state index in [2.05, 4.69) is 53.2 Å². The Morgan fingerprint density at radius 3 is 2.71 bits per heavy atom. The number of rotatable bonds is 7. The van der Waals surface area contributed by atoms with Gasteiger partial charge < -0.3 is 10.6 Å². The highest BCUT2D eigenvalue weighted by atomic mass is 79.9. The fourth-order valence-electron chi connectivity index (χ4n) is 2.26. The quantitative estimate of drug-likeness (QED) is 0.830. The number of nitrogens with two attached hydrogens (primary N) is 1. The first-order chi connectivity index (χ1) is 7.99. The van der Waals surface area contributed by atoms with Crippen LogP contribution in [0.15, 0.2) is 15.9 Å². The van der Waals surface area contributed by atoms with Gasteiger partial charge in [0.05, 0.1) is 0 Å². The van der Waals surface area contributed by atoms with Crippen molar-refractivity contribution < 1.29 is 0 Å². The first kappa shape index (κ1) is 15.2. The SMILES string of the molecule is CCCC(C)(CN)CN(C)Cc1cc(Br)cs1. The lowest BCUT2D eigenvalue weighted by Gasteiger charge is -2.32. The highest BCUT2D eigenvalue weighted by Gasteiger charge is 2.23. The zero-order valence-corrected chi connectivity index (χ0v) is 13.4. The molecule has 0 aliphatic carbocycles. The van der Waals surface area contributed by atoms with Crippen LogP contribution >= 0.6 is 27.3 Å². The Hall–Kier alpha value is 0.1000. The van der Waals surface area contributed by atoms with Gasteiger partial charge in [-0.05, 0) is 47.4 Å². The molecule has 0 aromatic carbocycles. The molecule has 1 unspecified atom stereocenters. The fraction of sp³-hybridized carbons (Fsp3) is 0.692. The maximum atomic E-state index is 5.91. The molecule has 1 atom stereocenters. The molecule has 17 heavy (non-hydrogen) atoms. The minimum Gasteiger partial charge on any atom is -0.330 e. The molecule has 1 aromatic rings. The van der Waals surface area contributed by atoms with Crippen molar-refractivity contribution in [1.82, 2.24) is 4.90 Å². The van der Waals surface area contributed by atoms with Crippen molar-refractivity contribution in [3.8, 4) is 0 Å². The molecule has 98 valence electrons. The van der Waals surface area contributed by atoms with E-state index in [0.717, 1.165) is 19.6 Å². The van der Waals surface area contributed by atoms with Crippen LogP contribution in [0.2, 0.25) is 0 Å². The second kappa shape index (κ2) is 6.88. The third kappa shape index (κ3) is 5.08. The molecule has 0 spiro atoms. The van der Waals surface area contributed by atoms with Crippen molar-refractivity contribution >= 4 is 27.3 Å². The maximum absolute atomic E-state index is 5.91. The fourth-order valence-corrected chi connectivity index (χ4v) is 3.79. The van der Waals surface area contributed by atoms with Gasteiger partial charge in [-0.2, -0.15) is 0 Å². The summed E-state index contributed by atoms with van der Waals surface area (Å²) in [6.07, 6.45) is 2.40. The van der Waals surface area contributed by atoms with E-state index in [4.69, 9.17) is 5.73 Å². The summed E-state index contributed by atoms with van der Waals surface area (Å²) >= 11 is 5.30. The van der Waals surface area contributed by atoms with Gasteiger partial charge in [-0.1, -0.05) is 20.3 Å². The topological polar surface area (TPSA) is 29.3 Å². The van der Waals surface area contributed by atoms with E-state index in [1.54, 1.807) is 11.3 Å². The molecular weight excluding hydrogens is 296 g/mol. The van der Waals surface area contributed by atoms with Crippen LogP contribution in [0, 0.1) is 5.41 Å². The molecular formula is C13H23BrN2S. The van der Waals surface area contributed by atoms with Gasteiger partial charge in [0, 0.05) is 27.8 Å². The van der Waals surface area contributed by atoms with Crippen LogP contribution in [0.5, 0.6) is 0 Å². The van der Waals surface area contributed by atoms with Crippen molar-refractivity contribution in [2.45, 2.75) is 33.2 Å². The number of nitrogens with zero attached hydrogens (tertiary/aromatic N) is 1. The summed E-state index contributed by atoms with van der Waals surface area (Å²) in [5, 5.41) is 2.14. The van der Waals surface area contributed by atoms with E-state index in [-0.39, 0.29) is 5.41 Å². The van der Waals surface area contributed by atoms with E-state index in [0.29, 0.717) is 0 Å². The number of hydrogen-bond donors (Lipinski definition) is 1. The highest BCUT2D eigenvalue weighted by Crippen LogP contribution is 2.25. The van der Waals surface area contributed by atoms with Gasteiger partial charge in [0.1, 0.15) is 0 Å². The normalized spacial score (nSPS) is 15.2. The zero-order chi connectivity index (χ0) is 12.9.